The monoisotopic (exact) mass is 209 g/mol. The van der Waals surface area contributed by atoms with Crippen molar-refractivity contribution in [2.24, 2.45) is 0 Å². The number of furan rings is 1. The number of halogens is 1. The molecule has 0 bridgehead atoms. The number of hydrogen-bond donors (Lipinski definition) is 0. The molecule has 0 spiro atoms. The molecule has 0 radical (unpaired) electrons. The summed E-state index contributed by atoms with van der Waals surface area (Å²) in [6.45, 7) is 0. The maximum atomic E-state index is 5.03. The fraction of sp³-hybridized carbons (Fsp3) is 0.200. The van der Waals surface area contributed by atoms with Gasteiger partial charge in [-0.2, -0.15) is 0 Å². The third kappa shape index (κ3) is 1.19. The van der Waals surface area contributed by atoms with Crippen LogP contribution >= 0.6 is 0 Å². The van der Waals surface area contributed by atoms with Crippen molar-refractivity contribution in [3.05, 3.63) is 22.2 Å². The molecule has 40 valence electrons. The van der Waals surface area contributed by atoms with Crippen LogP contribution in [0.1, 0.15) is 0 Å². The Kier molecular flexibility index (Phi) is 1.73. The zero-order valence-electron chi connectivity index (χ0n) is 4.02. The number of hydrogen-bond acceptors (Lipinski definition) is 1. The van der Waals surface area contributed by atoms with Crippen molar-refractivity contribution in [3.8, 4) is 0 Å². The molecule has 0 amide bonds. The quantitative estimate of drug-likeness (QED) is 0.391. The van der Waals surface area contributed by atoms with Gasteiger partial charge in [-0.25, -0.2) is 0 Å². The first-order valence-electron chi connectivity index (χ1n) is 1.96. The summed E-state index contributed by atoms with van der Waals surface area (Å²) in [4.78, 5) is 2.18. The normalized spacial score (nSPS) is 9.86. The molecular weight excluding hydrogens is 203 g/mol. The molecule has 1 aromatic heterocycles. The first-order valence-corrected chi connectivity index (χ1v) is 5.20. The molecule has 0 saturated carbocycles. The zero-order valence-corrected chi connectivity index (χ0v) is 6.18. The Morgan fingerprint density at radius 3 is 2.86 bits per heavy atom. The minimum absolute atomic E-state index is 0.180. The van der Waals surface area contributed by atoms with Crippen LogP contribution in [-0.2, 0) is 0 Å². The molecule has 0 saturated heterocycles. The molecule has 1 rings (SSSR count). The van der Waals surface area contributed by atoms with Crippen LogP contribution in [0.2, 0.25) is 0 Å². The molecule has 0 fully saturated rings. The number of alkyl halides is 1. The van der Waals surface area contributed by atoms with Crippen molar-refractivity contribution in [2.45, 2.75) is 0 Å². The Hall–Kier alpha value is 0.01000. The second-order valence-corrected chi connectivity index (χ2v) is 3.25. The van der Waals surface area contributed by atoms with Gasteiger partial charge in [0.1, 0.15) is 0 Å². The van der Waals surface area contributed by atoms with E-state index in [1.165, 1.54) is 3.77 Å². The van der Waals surface area contributed by atoms with Gasteiger partial charge >= 0.3 is 52.7 Å². The Balaban J connectivity index is 2.76. The van der Waals surface area contributed by atoms with Gasteiger partial charge in [-0.05, 0) is 0 Å². The average molecular weight is 209 g/mol. The van der Waals surface area contributed by atoms with Crippen LogP contribution in [0.15, 0.2) is 22.8 Å². The van der Waals surface area contributed by atoms with E-state index < -0.39 is 0 Å². The molecule has 2 heteroatoms. The second kappa shape index (κ2) is 2.35. The topological polar surface area (TPSA) is 13.1 Å². The average Bonchev–Trinajstić information content (AvgIpc) is 2.14. The van der Waals surface area contributed by atoms with E-state index in [2.05, 4.69) is 4.93 Å². The van der Waals surface area contributed by atoms with Crippen molar-refractivity contribution in [1.82, 2.24) is 0 Å². The second-order valence-electron chi connectivity index (χ2n) is 1.11. The number of rotatable bonds is 1. The Bertz CT molecular complexity index is 123. The molecule has 1 heterocycles. The van der Waals surface area contributed by atoms with Crippen LogP contribution in [0.3, 0.4) is 0 Å². The van der Waals surface area contributed by atoms with Crippen molar-refractivity contribution in [3.63, 3.8) is 0 Å². The van der Waals surface area contributed by atoms with Crippen molar-refractivity contribution in [2.75, 3.05) is 4.93 Å². The van der Waals surface area contributed by atoms with Gasteiger partial charge in [0, 0.05) is 0 Å². The van der Waals surface area contributed by atoms with E-state index in [0.717, 1.165) is 0 Å². The SMILES string of the molecule is C[I-]c1ccco1. The maximum absolute atomic E-state index is 5.03. The predicted octanol–water partition coefficient (Wildman–Crippen LogP) is -1.83. The Morgan fingerprint density at radius 1 is 1.71 bits per heavy atom. The Morgan fingerprint density at radius 2 is 2.57 bits per heavy atom. The van der Waals surface area contributed by atoms with E-state index in [4.69, 9.17) is 4.42 Å². The summed E-state index contributed by atoms with van der Waals surface area (Å²) in [7, 11) is 0. The third-order valence-electron chi connectivity index (χ3n) is 0.673. The van der Waals surface area contributed by atoms with E-state index in [0.29, 0.717) is 0 Å². The van der Waals surface area contributed by atoms with Crippen LogP contribution in [-0.4, -0.2) is 4.93 Å². The Labute approximate surface area is 53.0 Å². The summed E-state index contributed by atoms with van der Waals surface area (Å²) in [6.07, 6.45) is 1.72. The predicted molar refractivity (Wildman–Crippen MR) is 23.3 cm³/mol. The summed E-state index contributed by atoms with van der Waals surface area (Å²) in [5.41, 5.74) is 0. The van der Waals surface area contributed by atoms with Crippen LogP contribution < -0.4 is 21.2 Å². The molecule has 1 aromatic rings. The van der Waals surface area contributed by atoms with Gasteiger partial charge in [-0.3, -0.25) is 0 Å². The van der Waals surface area contributed by atoms with Crippen molar-refractivity contribution >= 4 is 0 Å². The zero-order chi connectivity index (χ0) is 5.11. The summed E-state index contributed by atoms with van der Waals surface area (Å²) < 4.78 is 6.20. The third-order valence-corrected chi connectivity index (χ3v) is 2.35. The van der Waals surface area contributed by atoms with Crippen molar-refractivity contribution in [1.29, 1.82) is 0 Å². The first kappa shape index (κ1) is 5.15. The van der Waals surface area contributed by atoms with Gasteiger partial charge in [-0.15, -0.1) is 0 Å². The van der Waals surface area contributed by atoms with Crippen LogP contribution in [0.25, 0.3) is 0 Å². The molecule has 0 N–H and O–H groups in total. The summed E-state index contributed by atoms with van der Waals surface area (Å²) in [5.74, 6) is 0. The first-order chi connectivity index (χ1) is 3.43. The van der Waals surface area contributed by atoms with Crippen molar-refractivity contribution < 1.29 is 25.6 Å². The van der Waals surface area contributed by atoms with E-state index in [1.54, 1.807) is 6.26 Å². The van der Waals surface area contributed by atoms with Crippen LogP contribution in [0, 0.1) is 3.77 Å². The fourth-order valence-corrected chi connectivity index (χ4v) is 1.33. The summed E-state index contributed by atoms with van der Waals surface area (Å²) in [6, 6.07) is 3.95. The van der Waals surface area contributed by atoms with Gasteiger partial charge in [0.2, 0.25) is 0 Å². The summed E-state index contributed by atoms with van der Waals surface area (Å²) in [5, 5.41) is 0. The molecule has 0 aromatic carbocycles. The molecule has 0 atom stereocenters. The van der Waals surface area contributed by atoms with E-state index in [1.807, 2.05) is 12.1 Å². The molecule has 0 aliphatic carbocycles. The van der Waals surface area contributed by atoms with Gasteiger partial charge in [0.05, 0.1) is 0 Å². The molecule has 0 aliphatic heterocycles. The standard InChI is InChI=1S/C5H6IO/c1-6-5-3-2-4-7-5/h2-4H,1H3/q-1. The fourth-order valence-electron chi connectivity index (χ4n) is 0.366. The van der Waals surface area contributed by atoms with E-state index in [9.17, 15) is 0 Å². The van der Waals surface area contributed by atoms with Crippen LogP contribution in [0.4, 0.5) is 0 Å². The molecular formula is C5H6IO-. The van der Waals surface area contributed by atoms with E-state index >= 15 is 0 Å². The molecule has 7 heavy (non-hydrogen) atoms. The van der Waals surface area contributed by atoms with Gasteiger partial charge in [0.15, 0.2) is 0 Å². The van der Waals surface area contributed by atoms with Crippen LogP contribution in [0.5, 0.6) is 0 Å². The molecule has 1 nitrogen and oxygen atoms in total. The van der Waals surface area contributed by atoms with E-state index in [-0.39, 0.29) is 21.2 Å². The van der Waals surface area contributed by atoms with Gasteiger partial charge in [0.25, 0.3) is 0 Å². The van der Waals surface area contributed by atoms with Gasteiger partial charge in [-0.1, -0.05) is 0 Å². The molecule has 0 aliphatic rings. The molecule has 0 unspecified atom stereocenters. The van der Waals surface area contributed by atoms with Gasteiger partial charge < -0.3 is 0 Å². The summed E-state index contributed by atoms with van der Waals surface area (Å²) >= 11 is 0.180. The minimum atomic E-state index is 0.180.